The van der Waals surface area contributed by atoms with Crippen molar-refractivity contribution >= 4 is 31.6 Å². The first-order valence-electron chi connectivity index (χ1n) is 11.9. The van der Waals surface area contributed by atoms with Gasteiger partial charge in [-0.15, -0.1) is 10.2 Å². The molecule has 1 aromatic heterocycles. The number of nitrogens with two attached hydrogens (primary N) is 2. The highest BCUT2D eigenvalue weighted by atomic mass is 35.7. The van der Waals surface area contributed by atoms with Crippen LogP contribution in [0.5, 0.6) is 0 Å². The second-order valence-corrected chi connectivity index (χ2v) is 12.6. The van der Waals surface area contributed by atoms with E-state index < -0.39 is 63.4 Å². The van der Waals surface area contributed by atoms with Crippen molar-refractivity contribution in [2.75, 3.05) is 5.32 Å². The summed E-state index contributed by atoms with van der Waals surface area (Å²) in [6, 6.07) is 13.7. The molecule has 0 aliphatic rings. The Kier molecular flexibility index (Phi) is 11.4. The molecular formula is C24H26ClF3N4O9S2. The number of rotatable bonds is 8. The normalized spacial score (nSPS) is 12.3. The third-order valence-corrected chi connectivity index (χ3v) is 7.65. The van der Waals surface area contributed by atoms with Crippen LogP contribution in [0.3, 0.4) is 0 Å². The fourth-order valence-corrected chi connectivity index (χ4v) is 5.55. The Balaban J connectivity index is 0.00000119. The molecule has 3 aromatic rings. The van der Waals surface area contributed by atoms with E-state index in [4.69, 9.17) is 28.9 Å². The van der Waals surface area contributed by atoms with Crippen LogP contribution in [0.15, 0.2) is 64.4 Å². The highest BCUT2D eigenvalue weighted by molar-refractivity contribution is 7.90. The number of aryl methyl sites for hydroxylation is 2. The van der Waals surface area contributed by atoms with E-state index in [0.717, 1.165) is 22.5 Å². The van der Waals surface area contributed by atoms with Gasteiger partial charge in [0, 0.05) is 25.0 Å². The lowest BCUT2D eigenvalue weighted by molar-refractivity contribution is -2.00. The number of carbonyl (C=O) groups excluding carboxylic acids is 1. The highest BCUT2D eigenvalue weighted by Crippen LogP contribution is 2.38. The predicted octanol–water partition coefficient (Wildman–Crippen LogP) is -2.04. The summed E-state index contributed by atoms with van der Waals surface area (Å²) in [6.07, 6.45) is -4.19. The van der Waals surface area contributed by atoms with Crippen LogP contribution in [-0.4, -0.2) is 22.7 Å². The van der Waals surface area contributed by atoms with Gasteiger partial charge in [0.25, 0.3) is 5.91 Å². The molecule has 13 nitrogen and oxygen atoms in total. The summed E-state index contributed by atoms with van der Waals surface area (Å²) < 4.78 is 124. The summed E-state index contributed by atoms with van der Waals surface area (Å²) in [5.74, 6) is -0.853. The van der Waals surface area contributed by atoms with Gasteiger partial charge in [-0.05, 0) is 23.3 Å². The van der Waals surface area contributed by atoms with E-state index >= 15 is 0 Å². The minimum Gasteiger partial charge on any atom is -0.319 e. The van der Waals surface area contributed by atoms with Crippen molar-refractivity contribution in [2.45, 2.75) is 49.2 Å². The van der Waals surface area contributed by atoms with E-state index in [9.17, 15) is 34.8 Å². The Bertz CT molecular complexity index is 1670. The minimum absolute atomic E-state index is 0.194. The van der Waals surface area contributed by atoms with Crippen molar-refractivity contribution in [1.29, 1.82) is 0 Å². The molecule has 0 aliphatic carbocycles. The third-order valence-electron chi connectivity index (χ3n) is 5.75. The largest absolute Gasteiger partial charge is 0.417 e. The maximum Gasteiger partial charge on any atom is 0.417 e. The van der Waals surface area contributed by atoms with Gasteiger partial charge in [0.15, 0.2) is 11.4 Å². The summed E-state index contributed by atoms with van der Waals surface area (Å²) >= 11 is 0. The number of nitrogens with one attached hydrogen (secondary N) is 1. The molecular weight excluding hydrogens is 645 g/mol. The molecule has 0 spiro atoms. The fraction of sp³-hybridized carbons (Fsp3) is 0.250. The van der Waals surface area contributed by atoms with Crippen LogP contribution in [0, 0.1) is 10.2 Å². The van der Waals surface area contributed by atoms with Crippen molar-refractivity contribution in [1.82, 2.24) is 0 Å². The first-order valence-corrected chi connectivity index (χ1v) is 16.2. The highest BCUT2D eigenvalue weighted by Gasteiger charge is 2.39. The van der Waals surface area contributed by atoms with Crippen LogP contribution in [0.1, 0.15) is 30.8 Å². The zero-order valence-electron chi connectivity index (χ0n) is 22.4. The number of amides is 1. The van der Waals surface area contributed by atoms with E-state index in [0.29, 0.717) is 12.8 Å². The molecule has 0 saturated heterocycles. The van der Waals surface area contributed by atoms with E-state index in [-0.39, 0.29) is 18.7 Å². The quantitative estimate of drug-likeness (QED) is 0.223. The third kappa shape index (κ3) is 10.5. The Morgan fingerprint density at radius 1 is 0.837 bits per heavy atom. The molecule has 0 radical (unpaired) electrons. The maximum absolute atomic E-state index is 13.6. The smallest absolute Gasteiger partial charge is 0.319 e. The average Bonchev–Trinajstić information content (AvgIpc) is 2.86. The second-order valence-electron chi connectivity index (χ2n) is 8.74. The van der Waals surface area contributed by atoms with Gasteiger partial charge in [-0.1, -0.05) is 44.2 Å². The SMILES string of the molecule is CCc1cc(-c2ccccc2)cc(CC)[n+]1CC(=O)Nc1cc(C(F)(F)F)c(S(N)(=O)=O)cc1S(N)(=O)=O.[O-][Cl+3]([O-])([O-])[O-]. The number of benzene rings is 2. The standard InChI is InChI=1S/C24H25F3N4O5S2.ClHO4/c1-3-17-10-16(15-8-6-5-7-9-15)11-18(4-2)31(17)14-23(32)30-20-12-19(24(25,26)27)21(37(28,33)34)13-22(20)38(29,35)36;2-1(3,4)5/h5-13H,3-4,14H2,1-2H3,(H4-,28,29,30,32,33,34,35,36);(H,2,3,4,5). The molecule has 0 bridgehead atoms. The number of halogens is 4. The van der Waals surface area contributed by atoms with Gasteiger partial charge in [0.2, 0.25) is 26.6 Å². The van der Waals surface area contributed by atoms with Crippen molar-refractivity contribution < 1.29 is 68.2 Å². The number of sulfonamides is 2. The molecule has 1 heterocycles. The van der Waals surface area contributed by atoms with Crippen LogP contribution in [0.4, 0.5) is 18.9 Å². The molecule has 2 aromatic carbocycles. The molecule has 5 N–H and O–H groups in total. The minimum atomic E-state index is -5.23. The number of pyridine rings is 1. The lowest BCUT2D eigenvalue weighted by Gasteiger charge is -2.17. The molecule has 0 fully saturated rings. The van der Waals surface area contributed by atoms with Crippen molar-refractivity contribution in [2.24, 2.45) is 10.3 Å². The fourth-order valence-electron chi connectivity index (χ4n) is 4.01. The molecule has 43 heavy (non-hydrogen) atoms. The molecule has 236 valence electrons. The van der Waals surface area contributed by atoms with Crippen LogP contribution in [0.2, 0.25) is 0 Å². The Hall–Kier alpha value is -3.20. The second kappa shape index (κ2) is 13.6. The van der Waals surface area contributed by atoms with Gasteiger partial charge in [-0.3, -0.25) is 4.79 Å². The van der Waals surface area contributed by atoms with Gasteiger partial charge in [0.1, 0.15) is 4.90 Å². The molecule has 0 atom stereocenters. The Morgan fingerprint density at radius 3 is 1.70 bits per heavy atom. The van der Waals surface area contributed by atoms with Crippen LogP contribution >= 0.6 is 0 Å². The molecule has 0 saturated carbocycles. The van der Waals surface area contributed by atoms with Gasteiger partial charge in [0.05, 0.1) is 16.1 Å². The predicted molar refractivity (Wildman–Crippen MR) is 134 cm³/mol. The maximum atomic E-state index is 13.6. The summed E-state index contributed by atoms with van der Waals surface area (Å²) in [5, 5.41) is 12.2. The Labute approximate surface area is 247 Å². The van der Waals surface area contributed by atoms with Gasteiger partial charge in [-0.2, -0.15) is 17.7 Å². The lowest BCUT2D eigenvalue weighted by atomic mass is 10.0. The van der Waals surface area contributed by atoms with Crippen molar-refractivity contribution in [3.63, 3.8) is 0 Å². The van der Waals surface area contributed by atoms with Crippen LogP contribution in [-0.2, 0) is 50.4 Å². The number of anilines is 1. The average molecular weight is 671 g/mol. The zero-order chi connectivity index (χ0) is 33.0. The topological polar surface area (TPSA) is 246 Å². The van der Waals surface area contributed by atoms with Crippen molar-refractivity contribution in [3.05, 3.63) is 71.5 Å². The molecule has 0 unspecified atom stereocenters. The van der Waals surface area contributed by atoms with Gasteiger partial charge < -0.3 is 5.32 Å². The number of nitrogens with zero attached hydrogens (tertiary/aromatic N) is 1. The molecule has 3 rings (SSSR count). The summed E-state index contributed by atoms with van der Waals surface area (Å²) in [4.78, 5) is 10.5. The number of aromatic nitrogens is 1. The van der Waals surface area contributed by atoms with E-state index in [2.05, 4.69) is 5.32 Å². The summed E-state index contributed by atoms with van der Waals surface area (Å²) in [5.41, 5.74) is 0.818. The number of hydrogen-bond acceptors (Lipinski definition) is 9. The van der Waals surface area contributed by atoms with Crippen LogP contribution in [0.25, 0.3) is 11.1 Å². The van der Waals surface area contributed by atoms with E-state index in [1.54, 1.807) is 4.57 Å². The summed E-state index contributed by atoms with van der Waals surface area (Å²) in [7, 11) is -14.7. The van der Waals surface area contributed by atoms with Gasteiger partial charge in [-0.25, -0.2) is 45.7 Å². The number of alkyl halides is 3. The van der Waals surface area contributed by atoms with Crippen molar-refractivity contribution in [3.8, 4) is 11.1 Å². The van der Waals surface area contributed by atoms with Crippen LogP contribution < -0.4 is 38.8 Å². The van der Waals surface area contributed by atoms with Gasteiger partial charge >= 0.3 is 6.18 Å². The Morgan fingerprint density at radius 2 is 1.30 bits per heavy atom. The first-order chi connectivity index (χ1) is 19.6. The monoisotopic (exact) mass is 670 g/mol. The first kappa shape index (κ1) is 36.0. The molecule has 0 aliphatic heterocycles. The number of hydrogen-bond donors (Lipinski definition) is 3. The summed E-state index contributed by atoms with van der Waals surface area (Å²) in [6.45, 7) is 3.39. The zero-order valence-corrected chi connectivity index (χ0v) is 24.8. The molecule has 1 amide bonds. The van der Waals surface area contributed by atoms with E-state index in [1.165, 1.54) is 0 Å². The number of carbonyl (C=O) groups is 1. The lowest BCUT2D eigenvalue weighted by Crippen LogP contribution is -2.68. The van der Waals surface area contributed by atoms with E-state index in [1.807, 2.05) is 56.3 Å². The molecule has 19 heteroatoms. The number of primary sulfonamides is 2.